The minimum Gasteiger partial charge on any atom is -0.369 e. The van der Waals surface area contributed by atoms with Crippen molar-refractivity contribution >= 4 is 40.3 Å². The molecule has 29 heavy (non-hydrogen) atoms. The van der Waals surface area contributed by atoms with Gasteiger partial charge in [-0.3, -0.25) is 4.79 Å². The number of fused-ring (bicyclic) bond motifs is 1. The number of carbonyl (C=O) groups excluding carboxylic acids is 1. The van der Waals surface area contributed by atoms with Crippen LogP contribution >= 0.6 is 11.8 Å². The maximum atomic E-state index is 13.7. The molecule has 0 spiro atoms. The van der Waals surface area contributed by atoms with Gasteiger partial charge in [-0.05, 0) is 36.8 Å². The quantitative estimate of drug-likeness (QED) is 0.690. The summed E-state index contributed by atoms with van der Waals surface area (Å²) in [6, 6.07) is 9.77. The smallest absolute Gasteiger partial charge is 0.369 e. The van der Waals surface area contributed by atoms with Crippen LogP contribution in [0, 0.1) is 6.92 Å². The van der Waals surface area contributed by atoms with Gasteiger partial charge in [-0.1, -0.05) is 12.1 Å². The van der Waals surface area contributed by atoms with Gasteiger partial charge in [-0.15, -0.1) is 0 Å². The van der Waals surface area contributed by atoms with Gasteiger partial charge < -0.3 is 15.5 Å². The molecule has 0 aliphatic carbocycles. The number of benzene rings is 2. The van der Waals surface area contributed by atoms with Crippen molar-refractivity contribution in [3.8, 4) is 0 Å². The van der Waals surface area contributed by atoms with Crippen LogP contribution in [-0.2, 0) is 11.0 Å². The van der Waals surface area contributed by atoms with E-state index in [1.165, 1.54) is 12.3 Å². The van der Waals surface area contributed by atoms with Gasteiger partial charge in [0.2, 0.25) is 0 Å². The van der Waals surface area contributed by atoms with Gasteiger partial charge in [-0.25, -0.2) is 0 Å². The lowest BCUT2D eigenvalue weighted by Crippen LogP contribution is -2.34. The maximum Gasteiger partial charge on any atom is 0.418 e. The summed E-state index contributed by atoms with van der Waals surface area (Å²) in [5, 5.41) is 5.66. The van der Waals surface area contributed by atoms with Crippen LogP contribution in [0.3, 0.4) is 0 Å². The SMILES string of the molecule is Cc1cccc2c1C(=CNc1ccc(N3CCSCC3)c(C(F)(F)F)c1)C(=O)N2. The Morgan fingerprint density at radius 3 is 2.66 bits per heavy atom. The van der Waals surface area contributed by atoms with E-state index in [1.54, 1.807) is 28.8 Å². The number of anilines is 3. The highest BCUT2D eigenvalue weighted by molar-refractivity contribution is 7.99. The largest absolute Gasteiger partial charge is 0.418 e. The predicted molar refractivity (Wildman–Crippen MR) is 112 cm³/mol. The van der Waals surface area contributed by atoms with Crippen LogP contribution in [-0.4, -0.2) is 30.5 Å². The number of carbonyl (C=O) groups is 1. The Bertz CT molecular complexity index is 982. The number of hydrogen-bond donors (Lipinski definition) is 2. The average molecular weight is 419 g/mol. The van der Waals surface area contributed by atoms with E-state index >= 15 is 0 Å². The molecule has 2 heterocycles. The van der Waals surface area contributed by atoms with E-state index in [1.807, 2.05) is 19.1 Å². The summed E-state index contributed by atoms with van der Waals surface area (Å²) >= 11 is 1.75. The van der Waals surface area contributed by atoms with Crippen LogP contribution in [0.5, 0.6) is 0 Å². The first-order chi connectivity index (χ1) is 13.8. The lowest BCUT2D eigenvalue weighted by atomic mass is 10.0. The lowest BCUT2D eigenvalue weighted by Gasteiger charge is -2.31. The molecule has 2 aromatic carbocycles. The maximum absolute atomic E-state index is 13.7. The molecular formula is C21H20F3N3OS. The van der Waals surface area contributed by atoms with E-state index in [-0.39, 0.29) is 17.3 Å². The Balaban J connectivity index is 1.65. The summed E-state index contributed by atoms with van der Waals surface area (Å²) in [5.74, 6) is 1.36. The molecule has 8 heteroatoms. The molecule has 4 rings (SSSR count). The van der Waals surface area contributed by atoms with E-state index in [2.05, 4.69) is 10.6 Å². The Morgan fingerprint density at radius 1 is 1.17 bits per heavy atom. The first-order valence-electron chi connectivity index (χ1n) is 9.26. The Labute approximate surface area is 171 Å². The minimum absolute atomic E-state index is 0.204. The van der Waals surface area contributed by atoms with E-state index in [0.29, 0.717) is 24.4 Å². The third-order valence-electron chi connectivity index (χ3n) is 5.07. The summed E-state index contributed by atoms with van der Waals surface area (Å²) < 4.78 is 41.1. The lowest BCUT2D eigenvalue weighted by molar-refractivity contribution is -0.137. The summed E-state index contributed by atoms with van der Waals surface area (Å²) in [6.07, 6.45) is -2.99. The molecule has 0 unspecified atom stereocenters. The van der Waals surface area contributed by atoms with Gasteiger partial charge in [0.1, 0.15) is 0 Å². The molecule has 0 bridgehead atoms. The van der Waals surface area contributed by atoms with Crippen molar-refractivity contribution in [2.24, 2.45) is 0 Å². The van der Waals surface area contributed by atoms with E-state index in [0.717, 1.165) is 28.7 Å². The van der Waals surface area contributed by atoms with Gasteiger partial charge in [0.15, 0.2) is 0 Å². The van der Waals surface area contributed by atoms with Crippen LogP contribution in [0.1, 0.15) is 16.7 Å². The molecule has 0 radical (unpaired) electrons. The van der Waals surface area contributed by atoms with Crippen molar-refractivity contribution in [3.63, 3.8) is 0 Å². The number of rotatable bonds is 3. The number of thioether (sulfide) groups is 1. The molecule has 2 aromatic rings. The molecule has 2 aliphatic heterocycles. The van der Waals surface area contributed by atoms with Crippen LogP contribution in [0.25, 0.3) is 5.57 Å². The molecule has 2 aliphatic rings. The Morgan fingerprint density at radius 2 is 1.93 bits per heavy atom. The fourth-order valence-corrected chi connectivity index (χ4v) is 4.56. The summed E-state index contributed by atoms with van der Waals surface area (Å²) in [6.45, 7) is 3.09. The number of nitrogens with zero attached hydrogens (tertiary/aromatic N) is 1. The standard InChI is InChI=1S/C21H20F3N3OS/c1-13-3-2-4-17-19(13)15(20(28)26-17)12-25-14-5-6-18(16(11-14)21(22,23)24)27-7-9-29-10-8-27/h2-6,11-12,25H,7-10H2,1H3,(H,26,28). The highest BCUT2D eigenvalue weighted by atomic mass is 32.2. The molecule has 152 valence electrons. The van der Waals surface area contributed by atoms with Crippen LogP contribution in [0.2, 0.25) is 0 Å². The Hall–Kier alpha value is -2.61. The summed E-state index contributed by atoms with van der Waals surface area (Å²) in [7, 11) is 0. The fourth-order valence-electron chi connectivity index (χ4n) is 3.66. The second-order valence-electron chi connectivity index (χ2n) is 6.98. The zero-order valence-electron chi connectivity index (χ0n) is 15.8. The van der Waals surface area contributed by atoms with Gasteiger partial charge in [-0.2, -0.15) is 24.9 Å². The third-order valence-corrected chi connectivity index (χ3v) is 6.01. The second-order valence-corrected chi connectivity index (χ2v) is 8.21. The molecule has 4 nitrogen and oxygen atoms in total. The minimum atomic E-state index is -4.46. The molecule has 2 N–H and O–H groups in total. The number of halogens is 3. The van der Waals surface area contributed by atoms with Crippen molar-refractivity contribution < 1.29 is 18.0 Å². The third kappa shape index (κ3) is 3.94. The normalized spacial score (nSPS) is 18.0. The number of amides is 1. The molecule has 0 aromatic heterocycles. The van der Waals surface area contributed by atoms with Crippen molar-refractivity contribution in [3.05, 3.63) is 59.3 Å². The fraction of sp³-hybridized carbons (Fsp3) is 0.286. The first kappa shape index (κ1) is 19.7. The molecule has 0 atom stereocenters. The van der Waals surface area contributed by atoms with Crippen molar-refractivity contribution in [2.45, 2.75) is 13.1 Å². The molecular weight excluding hydrogens is 399 g/mol. The average Bonchev–Trinajstić information content (AvgIpc) is 3.02. The van der Waals surface area contributed by atoms with Crippen LogP contribution in [0.4, 0.5) is 30.2 Å². The number of aryl methyl sites for hydroxylation is 1. The number of alkyl halides is 3. The zero-order chi connectivity index (χ0) is 20.6. The Kier molecular flexibility index (Phi) is 5.21. The molecule has 1 fully saturated rings. The second kappa shape index (κ2) is 7.67. The molecule has 1 saturated heterocycles. The van der Waals surface area contributed by atoms with E-state index in [9.17, 15) is 18.0 Å². The van der Waals surface area contributed by atoms with E-state index < -0.39 is 11.7 Å². The van der Waals surface area contributed by atoms with E-state index in [4.69, 9.17) is 0 Å². The predicted octanol–water partition coefficient (Wildman–Crippen LogP) is 4.97. The zero-order valence-corrected chi connectivity index (χ0v) is 16.6. The van der Waals surface area contributed by atoms with Crippen molar-refractivity contribution in [1.82, 2.24) is 0 Å². The monoisotopic (exact) mass is 419 g/mol. The number of hydrogen-bond acceptors (Lipinski definition) is 4. The number of nitrogens with one attached hydrogen (secondary N) is 2. The van der Waals surface area contributed by atoms with Crippen LogP contribution < -0.4 is 15.5 Å². The van der Waals surface area contributed by atoms with Crippen molar-refractivity contribution in [1.29, 1.82) is 0 Å². The highest BCUT2D eigenvalue weighted by Crippen LogP contribution is 2.39. The van der Waals surface area contributed by atoms with Gasteiger partial charge >= 0.3 is 6.18 Å². The first-order valence-corrected chi connectivity index (χ1v) is 10.4. The molecule has 1 amide bonds. The summed E-state index contributed by atoms with van der Waals surface area (Å²) in [5.41, 5.74) is 2.62. The molecule has 0 saturated carbocycles. The topological polar surface area (TPSA) is 44.4 Å². The van der Waals surface area contributed by atoms with Gasteiger partial charge in [0.05, 0.1) is 11.1 Å². The van der Waals surface area contributed by atoms with Crippen molar-refractivity contribution in [2.75, 3.05) is 40.1 Å². The van der Waals surface area contributed by atoms with Gasteiger partial charge in [0.25, 0.3) is 5.91 Å². The van der Waals surface area contributed by atoms with Crippen LogP contribution in [0.15, 0.2) is 42.6 Å². The summed E-state index contributed by atoms with van der Waals surface area (Å²) in [4.78, 5) is 14.1. The highest BCUT2D eigenvalue weighted by Gasteiger charge is 2.35. The van der Waals surface area contributed by atoms with Gasteiger partial charge in [0, 0.05) is 53.4 Å².